The minimum atomic E-state index is 0.645. The fraction of sp³-hybridized carbons (Fsp3) is 0.750. The quantitative estimate of drug-likeness (QED) is 0.678. The lowest BCUT2D eigenvalue weighted by Crippen LogP contribution is -2.22. The Hall–Kier alpha value is -0.790. The minimum Gasteiger partial charge on any atom is -0.283 e. The highest BCUT2D eigenvalue weighted by Crippen LogP contribution is 2.30. The molecule has 1 fully saturated rings. The fourth-order valence-electron chi connectivity index (χ4n) is 2.52. The van der Waals surface area contributed by atoms with Gasteiger partial charge in [0.25, 0.3) is 0 Å². The van der Waals surface area contributed by atoms with Crippen LogP contribution < -0.4 is 5.43 Å². The smallest absolute Gasteiger partial charge is 0.0331 e. The van der Waals surface area contributed by atoms with Crippen molar-refractivity contribution in [3.05, 3.63) is 11.3 Å². The van der Waals surface area contributed by atoms with Crippen LogP contribution in [0.3, 0.4) is 0 Å². The lowest BCUT2D eigenvalue weighted by atomic mass is 9.85. The second kappa shape index (κ2) is 4.63. The first-order valence-corrected chi connectivity index (χ1v) is 5.93. The summed E-state index contributed by atoms with van der Waals surface area (Å²) in [5.41, 5.74) is 6.19. The summed E-state index contributed by atoms with van der Waals surface area (Å²) in [6, 6.07) is 0. The van der Waals surface area contributed by atoms with Gasteiger partial charge in [0.05, 0.1) is 0 Å². The van der Waals surface area contributed by atoms with Gasteiger partial charge in [-0.15, -0.1) is 0 Å². The van der Waals surface area contributed by atoms with Crippen molar-refractivity contribution < 1.29 is 0 Å². The van der Waals surface area contributed by atoms with E-state index < -0.39 is 0 Å². The predicted molar refractivity (Wildman–Crippen MR) is 60.1 cm³/mol. The van der Waals surface area contributed by atoms with E-state index in [0.29, 0.717) is 5.92 Å². The van der Waals surface area contributed by atoms with E-state index >= 15 is 0 Å². The summed E-state index contributed by atoms with van der Waals surface area (Å²) in [6.45, 7) is 2.21. The van der Waals surface area contributed by atoms with E-state index in [2.05, 4.69) is 23.7 Å². The molecule has 0 saturated heterocycles. The molecule has 0 amide bonds. The first-order chi connectivity index (χ1) is 6.92. The number of fused-ring (bicyclic) bond motifs is 1. The molecule has 1 aliphatic heterocycles. The standard InChI is InChI=1S/C12H20N2/c1-2-12-11-8-6-4-3-5-7-10(11)9-13-14-12/h9-10,14H,2-8H2,1H3. The van der Waals surface area contributed by atoms with Crippen molar-refractivity contribution in [2.24, 2.45) is 11.0 Å². The molecule has 1 heterocycles. The molecule has 1 N–H and O–H groups in total. The molecule has 0 aromatic heterocycles. The first-order valence-electron chi connectivity index (χ1n) is 5.93. The van der Waals surface area contributed by atoms with E-state index in [1.165, 1.54) is 44.2 Å². The van der Waals surface area contributed by atoms with Gasteiger partial charge in [0.1, 0.15) is 0 Å². The molecule has 1 unspecified atom stereocenters. The summed E-state index contributed by atoms with van der Waals surface area (Å²) in [5, 5.41) is 4.25. The van der Waals surface area contributed by atoms with E-state index in [1.807, 2.05) is 0 Å². The van der Waals surface area contributed by atoms with Gasteiger partial charge in [-0.3, -0.25) is 5.43 Å². The van der Waals surface area contributed by atoms with Gasteiger partial charge in [-0.1, -0.05) is 26.2 Å². The van der Waals surface area contributed by atoms with Gasteiger partial charge in [0, 0.05) is 17.8 Å². The molecule has 0 aromatic carbocycles. The average Bonchev–Trinajstić information content (AvgIpc) is 2.18. The highest BCUT2D eigenvalue weighted by atomic mass is 15.3. The number of hydrazone groups is 1. The normalized spacial score (nSPS) is 27.6. The third kappa shape index (κ3) is 1.99. The summed E-state index contributed by atoms with van der Waals surface area (Å²) in [4.78, 5) is 0. The third-order valence-corrected chi connectivity index (χ3v) is 3.35. The Kier molecular flexibility index (Phi) is 3.22. The van der Waals surface area contributed by atoms with Crippen molar-refractivity contribution >= 4 is 6.21 Å². The van der Waals surface area contributed by atoms with Crippen LogP contribution in [-0.4, -0.2) is 6.21 Å². The molecule has 1 aliphatic carbocycles. The zero-order chi connectivity index (χ0) is 9.80. The van der Waals surface area contributed by atoms with E-state index in [4.69, 9.17) is 0 Å². The highest BCUT2D eigenvalue weighted by Gasteiger charge is 2.20. The van der Waals surface area contributed by atoms with Crippen LogP contribution in [0.5, 0.6) is 0 Å². The van der Waals surface area contributed by atoms with E-state index in [0.717, 1.165) is 6.42 Å². The third-order valence-electron chi connectivity index (χ3n) is 3.35. The zero-order valence-corrected chi connectivity index (χ0v) is 9.05. The van der Waals surface area contributed by atoms with Crippen LogP contribution >= 0.6 is 0 Å². The van der Waals surface area contributed by atoms with Crippen LogP contribution in [0.25, 0.3) is 0 Å². The lowest BCUT2D eigenvalue weighted by Gasteiger charge is -2.26. The number of nitrogens with zero attached hydrogens (tertiary/aromatic N) is 1. The molecule has 2 rings (SSSR count). The van der Waals surface area contributed by atoms with Crippen LogP contribution in [0.1, 0.15) is 51.9 Å². The zero-order valence-electron chi connectivity index (χ0n) is 9.05. The summed E-state index contributed by atoms with van der Waals surface area (Å²) >= 11 is 0. The number of hydrogen-bond acceptors (Lipinski definition) is 2. The second-order valence-electron chi connectivity index (χ2n) is 4.31. The molecule has 2 nitrogen and oxygen atoms in total. The topological polar surface area (TPSA) is 24.4 Å². The molecule has 1 atom stereocenters. The largest absolute Gasteiger partial charge is 0.283 e. The molecule has 14 heavy (non-hydrogen) atoms. The molecule has 0 radical (unpaired) electrons. The molecular weight excluding hydrogens is 172 g/mol. The van der Waals surface area contributed by atoms with Crippen molar-refractivity contribution in [3.63, 3.8) is 0 Å². The van der Waals surface area contributed by atoms with Crippen molar-refractivity contribution in [2.75, 3.05) is 0 Å². The molecule has 0 bridgehead atoms. The Morgan fingerprint density at radius 2 is 2.21 bits per heavy atom. The Balaban J connectivity index is 2.16. The second-order valence-corrected chi connectivity index (χ2v) is 4.31. The van der Waals surface area contributed by atoms with E-state index in [-0.39, 0.29) is 0 Å². The lowest BCUT2D eigenvalue weighted by molar-refractivity contribution is 0.513. The van der Waals surface area contributed by atoms with Crippen molar-refractivity contribution in [1.82, 2.24) is 5.43 Å². The summed E-state index contributed by atoms with van der Waals surface area (Å²) in [6.07, 6.45) is 11.4. The van der Waals surface area contributed by atoms with Gasteiger partial charge in [-0.2, -0.15) is 5.10 Å². The Morgan fingerprint density at radius 3 is 3.07 bits per heavy atom. The molecule has 1 saturated carbocycles. The van der Waals surface area contributed by atoms with Gasteiger partial charge in [-0.25, -0.2) is 0 Å². The SMILES string of the molecule is CCC1=C2CCCCCCC2C=NN1. The monoisotopic (exact) mass is 192 g/mol. The van der Waals surface area contributed by atoms with Crippen LogP contribution in [0.4, 0.5) is 0 Å². The van der Waals surface area contributed by atoms with Crippen LogP contribution in [0, 0.1) is 5.92 Å². The predicted octanol–water partition coefficient (Wildman–Crippen LogP) is 3.21. The molecule has 0 spiro atoms. The fourth-order valence-corrected chi connectivity index (χ4v) is 2.52. The van der Waals surface area contributed by atoms with Gasteiger partial charge in [0.2, 0.25) is 0 Å². The van der Waals surface area contributed by atoms with Gasteiger partial charge in [0.15, 0.2) is 0 Å². The van der Waals surface area contributed by atoms with Crippen LogP contribution in [0.15, 0.2) is 16.4 Å². The maximum absolute atomic E-state index is 4.25. The van der Waals surface area contributed by atoms with E-state index in [1.54, 1.807) is 5.57 Å². The highest BCUT2D eigenvalue weighted by molar-refractivity contribution is 5.66. The summed E-state index contributed by atoms with van der Waals surface area (Å²) in [7, 11) is 0. The average molecular weight is 192 g/mol. The summed E-state index contributed by atoms with van der Waals surface area (Å²) < 4.78 is 0. The minimum absolute atomic E-state index is 0.645. The number of rotatable bonds is 1. The van der Waals surface area contributed by atoms with Gasteiger partial charge >= 0.3 is 0 Å². The first kappa shape index (κ1) is 9.75. The van der Waals surface area contributed by atoms with Crippen LogP contribution in [0.2, 0.25) is 0 Å². The molecule has 2 heteroatoms. The van der Waals surface area contributed by atoms with Gasteiger partial charge < -0.3 is 0 Å². The maximum Gasteiger partial charge on any atom is 0.0331 e. The molecule has 78 valence electrons. The summed E-state index contributed by atoms with van der Waals surface area (Å²) in [5.74, 6) is 0.645. The number of allylic oxidation sites excluding steroid dienone is 2. The molecule has 0 aromatic rings. The number of hydrogen-bond donors (Lipinski definition) is 1. The Labute approximate surface area is 86.5 Å². The Bertz CT molecular complexity index is 253. The maximum atomic E-state index is 4.25. The van der Waals surface area contributed by atoms with Gasteiger partial charge in [-0.05, 0) is 31.3 Å². The van der Waals surface area contributed by atoms with Crippen molar-refractivity contribution in [3.8, 4) is 0 Å². The Morgan fingerprint density at radius 1 is 1.36 bits per heavy atom. The van der Waals surface area contributed by atoms with Crippen molar-refractivity contribution in [2.45, 2.75) is 51.9 Å². The van der Waals surface area contributed by atoms with Crippen LogP contribution in [-0.2, 0) is 0 Å². The van der Waals surface area contributed by atoms with E-state index in [9.17, 15) is 0 Å². The molecular formula is C12H20N2. The van der Waals surface area contributed by atoms with Crippen molar-refractivity contribution in [1.29, 1.82) is 0 Å². The number of nitrogens with one attached hydrogen (secondary N) is 1. The molecule has 2 aliphatic rings.